The van der Waals surface area contributed by atoms with Gasteiger partial charge in [0, 0.05) is 4.47 Å². The van der Waals surface area contributed by atoms with Gasteiger partial charge < -0.3 is 11.1 Å². The van der Waals surface area contributed by atoms with Crippen LogP contribution < -0.4 is 11.1 Å². The van der Waals surface area contributed by atoms with E-state index in [-0.39, 0.29) is 16.6 Å². The first-order valence-corrected chi connectivity index (χ1v) is 7.14. The number of nitrogens with one attached hydrogen (secondary N) is 1. The number of amides is 1. The van der Waals surface area contributed by atoms with Gasteiger partial charge in [-0.25, -0.2) is 4.39 Å². The Morgan fingerprint density at radius 3 is 2.53 bits per heavy atom. The fourth-order valence-electron chi connectivity index (χ4n) is 1.87. The van der Waals surface area contributed by atoms with Gasteiger partial charge in [-0.3, -0.25) is 4.79 Å². The van der Waals surface area contributed by atoms with E-state index in [1.165, 1.54) is 12.1 Å². The van der Waals surface area contributed by atoms with Gasteiger partial charge in [-0.2, -0.15) is 0 Å². The van der Waals surface area contributed by atoms with Crippen molar-refractivity contribution in [2.45, 2.75) is 26.7 Å². The molecule has 3 nitrogen and oxygen atoms in total. The van der Waals surface area contributed by atoms with Crippen LogP contribution in [0.4, 0.5) is 10.1 Å². The highest BCUT2D eigenvalue weighted by molar-refractivity contribution is 9.10. The van der Waals surface area contributed by atoms with Gasteiger partial charge >= 0.3 is 0 Å². The zero-order chi connectivity index (χ0) is 14.6. The molecule has 19 heavy (non-hydrogen) atoms. The number of benzene rings is 1. The van der Waals surface area contributed by atoms with E-state index < -0.39 is 11.2 Å². The number of hydrogen-bond acceptors (Lipinski definition) is 2. The summed E-state index contributed by atoms with van der Waals surface area (Å²) in [5.74, 6) is -0.873. The summed E-state index contributed by atoms with van der Waals surface area (Å²) in [6, 6.07) is 4.34. The van der Waals surface area contributed by atoms with E-state index in [1.807, 2.05) is 13.8 Å². The number of hydrogen-bond donors (Lipinski definition) is 2. The maximum atomic E-state index is 13.6. The SMILES string of the molecule is CCC(CC)(C(=O)Nc1cc(Br)ccc1F)C(N)=S. The van der Waals surface area contributed by atoms with Crippen LogP contribution in [0.15, 0.2) is 22.7 Å². The maximum absolute atomic E-state index is 13.6. The average molecular weight is 347 g/mol. The van der Waals surface area contributed by atoms with Crippen LogP contribution >= 0.6 is 28.1 Å². The van der Waals surface area contributed by atoms with Gasteiger partial charge in [-0.15, -0.1) is 0 Å². The molecule has 6 heteroatoms. The zero-order valence-corrected chi connectivity index (χ0v) is 13.2. The predicted octanol–water partition coefficient (Wildman–Crippen LogP) is 3.62. The lowest BCUT2D eigenvalue weighted by Gasteiger charge is -2.29. The number of anilines is 1. The summed E-state index contributed by atoms with van der Waals surface area (Å²) in [4.78, 5) is 12.5. The second-order valence-corrected chi connectivity index (χ2v) is 5.59. The normalized spacial score (nSPS) is 11.2. The maximum Gasteiger partial charge on any atom is 0.237 e. The molecule has 0 bridgehead atoms. The second-order valence-electron chi connectivity index (χ2n) is 4.23. The molecule has 0 saturated carbocycles. The summed E-state index contributed by atoms with van der Waals surface area (Å²) < 4.78 is 14.3. The van der Waals surface area contributed by atoms with E-state index in [0.717, 1.165) is 0 Å². The van der Waals surface area contributed by atoms with E-state index in [1.54, 1.807) is 6.07 Å². The number of thiocarbonyl (C=S) groups is 1. The first kappa shape index (κ1) is 16.0. The topological polar surface area (TPSA) is 55.1 Å². The summed E-state index contributed by atoms with van der Waals surface area (Å²) in [5.41, 5.74) is 4.86. The Hall–Kier alpha value is -1.01. The Morgan fingerprint density at radius 1 is 1.47 bits per heavy atom. The van der Waals surface area contributed by atoms with Gasteiger partial charge in [0.25, 0.3) is 0 Å². The minimum Gasteiger partial charge on any atom is -0.392 e. The molecule has 0 aromatic heterocycles. The molecule has 0 saturated heterocycles. The smallest absolute Gasteiger partial charge is 0.237 e. The molecule has 0 aliphatic rings. The molecule has 0 fully saturated rings. The average Bonchev–Trinajstić information content (AvgIpc) is 2.35. The molecule has 0 heterocycles. The third-order valence-corrected chi connectivity index (χ3v) is 4.17. The molecule has 0 aliphatic carbocycles. The van der Waals surface area contributed by atoms with Crippen LogP contribution in [-0.2, 0) is 4.79 Å². The van der Waals surface area contributed by atoms with Crippen molar-refractivity contribution in [3.8, 4) is 0 Å². The molecule has 0 aliphatic heterocycles. The van der Waals surface area contributed by atoms with Crippen molar-refractivity contribution in [2.75, 3.05) is 5.32 Å². The molecule has 0 radical (unpaired) electrons. The van der Waals surface area contributed by atoms with Crippen molar-refractivity contribution in [3.05, 3.63) is 28.5 Å². The summed E-state index contributed by atoms with van der Waals surface area (Å²) >= 11 is 8.22. The summed E-state index contributed by atoms with van der Waals surface area (Å²) in [6.45, 7) is 3.67. The van der Waals surface area contributed by atoms with E-state index in [9.17, 15) is 9.18 Å². The van der Waals surface area contributed by atoms with E-state index in [4.69, 9.17) is 18.0 Å². The highest BCUT2D eigenvalue weighted by Gasteiger charge is 2.38. The van der Waals surface area contributed by atoms with Gasteiger partial charge in [-0.1, -0.05) is 42.0 Å². The van der Waals surface area contributed by atoms with Crippen LogP contribution in [0.25, 0.3) is 0 Å². The Kier molecular flexibility index (Phi) is 5.43. The van der Waals surface area contributed by atoms with Gasteiger partial charge in [0.15, 0.2) is 0 Å². The Balaban J connectivity index is 3.07. The lowest BCUT2D eigenvalue weighted by atomic mass is 9.81. The Bertz CT molecular complexity index is 503. The first-order chi connectivity index (χ1) is 8.87. The van der Waals surface area contributed by atoms with Crippen LogP contribution in [-0.4, -0.2) is 10.9 Å². The third-order valence-electron chi connectivity index (χ3n) is 3.29. The van der Waals surface area contributed by atoms with Gasteiger partial charge in [0.2, 0.25) is 5.91 Å². The Morgan fingerprint density at radius 2 is 2.05 bits per heavy atom. The first-order valence-electron chi connectivity index (χ1n) is 5.93. The largest absolute Gasteiger partial charge is 0.392 e. The van der Waals surface area contributed by atoms with Crippen LogP contribution in [0.2, 0.25) is 0 Å². The van der Waals surface area contributed by atoms with Crippen molar-refractivity contribution < 1.29 is 9.18 Å². The molecular weight excluding hydrogens is 331 g/mol. The van der Waals surface area contributed by atoms with Crippen LogP contribution in [0, 0.1) is 11.2 Å². The molecule has 0 spiro atoms. The van der Waals surface area contributed by atoms with Crippen molar-refractivity contribution in [1.82, 2.24) is 0 Å². The highest BCUT2D eigenvalue weighted by Crippen LogP contribution is 2.30. The summed E-state index contributed by atoms with van der Waals surface area (Å²) in [7, 11) is 0. The summed E-state index contributed by atoms with van der Waals surface area (Å²) in [6.07, 6.45) is 0.945. The van der Waals surface area contributed by atoms with Crippen molar-refractivity contribution >= 4 is 44.7 Å². The molecule has 1 aromatic carbocycles. The minimum atomic E-state index is -0.940. The quantitative estimate of drug-likeness (QED) is 0.800. The second kappa shape index (κ2) is 6.43. The zero-order valence-electron chi connectivity index (χ0n) is 10.8. The minimum absolute atomic E-state index is 0.113. The monoisotopic (exact) mass is 346 g/mol. The van der Waals surface area contributed by atoms with Crippen LogP contribution in [0.5, 0.6) is 0 Å². The predicted molar refractivity (Wildman–Crippen MR) is 82.5 cm³/mol. The fourth-order valence-corrected chi connectivity index (χ4v) is 2.61. The van der Waals surface area contributed by atoms with Gasteiger partial charge in [0.1, 0.15) is 5.82 Å². The molecule has 1 rings (SSSR count). The van der Waals surface area contributed by atoms with Gasteiger partial charge in [-0.05, 0) is 31.0 Å². The third kappa shape index (κ3) is 3.30. The van der Waals surface area contributed by atoms with E-state index in [2.05, 4.69) is 21.2 Å². The number of carbonyl (C=O) groups excluding carboxylic acids is 1. The van der Waals surface area contributed by atoms with Crippen molar-refractivity contribution in [2.24, 2.45) is 11.1 Å². The lowest BCUT2D eigenvalue weighted by molar-refractivity contribution is -0.122. The molecule has 0 atom stereocenters. The molecule has 0 unspecified atom stereocenters. The molecule has 1 amide bonds. The molecule has 3 N–H and O–H groups in total. The van der Waals surface area contributed by atoms with Crippen molar-refractivity contribution in [1.29, 1.82) is 0 Å². The Labute approximate surface area is 125 Å². The number of carbonyl (C=O) groups is 1. The standard InChI is InChI=1S/C13H16BrFN2OS/c1-3-13(4-2,11(16)19)12(18)17-10-7-8(14)5-6-9(10)15/h5-7H,3-4H2,1-2H3,(H2,16,19)(H,17,18). The van der Waals surface area contributed by atoms with Crippen molar-refractivity contribution in [3.63, 3.8) is 0 Å². The lowest BCUT2D eigenvalue weighted by Crippen LogP contribution is -2.45. The van der Waals surface area contributed by atoms with Gasteiger partial charge in [0.05, 0.1) is 16.1 Å². The van der Waals surface area contributed by atoms with Crippen LogP contribution in [0.1, 0.15) is 26.7 Å². The number of rotatable bonds is 5. The number of halogens is 2. The molecule has 104 valence electrons. The highest BCUT2D eigenvalue weighted by atomic mass is 79.9. The molecular formula is C13H16BrFN2OS. The van der Waals surface area contributed by atoms with E-state index >= 15 is 0 Å². The van der Waals surface area contributed by atoms with E-state index in [0.29, 0.717) is 17.3 Å². The number of nitrogens with two attached hydrogens (primary N) is 1. The van der Waals surface area contributed by atoms with Crippen LogP contribution in [0.3, 0.4) is 0 Å². The molecule has 1 aromatic rings. The fraction of sp³-hybridized carbons (Fsp3) is 0.385. The summed E-state index contributed by atoms with van der Waals surface area (Å²) in [5, 5.41) is 2.56.